The van der Waals surface area contributed by atoms with Gasteiger partial charge in [0.25, 0.3) is 0 Å². The number of rotatable bonds is 2. The second-order valence-electron chi connectivity index (χ2n) is 2.50. The third kappa shape index (κ3) is 1.60. The Morgan fingerprint density at radius 2 is 2.40 bits per heavy atom. The fourth-order valence-electron chi connectivity index (χ4n) is 1.05. The zero-order valence-electron chi connectivity index (χ0n) is 6.59. The van der Waals surface area contributed by atoms with Crippen molar-refractivity contribution in [1.82, 2.24) is 4.98 Å². The highest BCUT2D eigenvalue weighted by Gasteiger charge is 1.94. The van der Waals surface area contributed by atoms with E-state index in [1.807, 2.05) is 12.3 Å². The van der Waals surface area contributed by atoms with Gasteiger partial charge >= 0.3 is 0 Å². The highest BCUT2D eigenvalue weighted by atomic mass is 14.7. The molecule has 0 aliphatic rings. The number of hydrogen-bond acceptors (Lipinski definition) is 1. The van der Waals surface area contributed by atoms with Crippen LogP contribution < -0.4 is 0 Å². The zero-order chi connectivity index (χ0) is 7.40. The quantitative estimate of drug-likeness (QED) is 0.555. The third-order valence-electron chi connectivity index (χ3n) is 1.64. The molecule has 1 nitrogen and oxygen atoms in total. The summed E-state index contributed by atoms with van der Waals surface area (Å²) in [5.74, 6) is 0. The van der Waals surface area contributed by atoms with Gasteiger partial charge in [-0.25, -0.2) is 0 Å². The highest BCUT2D eigenvalue weighted by molar-refractivity contribution is 6.32. The molecule has 0 unspecified atom stereocenters. The molecule has 1 rings (SSSR count). The van der Waals surface area contributed by atoms with Crippen LogP contribution in [0.25, 0.3) is 0 Å². The lowest BCUT2D eigenvalue weighted by atomic mass is 9.75. The molecule has 1 heterocycles. The fourth-order valence-corrected chi connectivity index (χ4v) is 1.05. The van der Waals surface area contributed by atoms with Gasteiger partial charge in [-0.05, 0) is 18.6 Å². The van der Waals surface area contributed by atoms with Crippen LogP contribution in [0.2, 0.25) is 6.82 Å². The molecule has 0 radical (unpaired) electrons. The van der Waals surface area contributed by atoms with Crippen molar-refractivity contribution >= 4 is 7.28 Å². The average Bonchev–Trinajstić information content (AvgIpc) is 1.94. The van der Waals surface area contributed by atoms with Gasteiger partial charge in [0.15, 0.2) is 0 Å². The lowest BCUT2D eigenvalue weighted by Gasteiger charge is -1.99. The molecule has 10 heavy (non-hydrogen) atoms. The molecule has 0 aromatic carbocycles. The van der Waals surface area contributed by atoms with Gasteiger partial charge in [-0.15, -0.1) is 0 Å². The summed E-state index contributed by atoms with van der Waals surface area (Å²) in [5.41, 5.74) is 2.55. The smallest absolute Gasteiger partial charge is 0.122 e. The summed E-state index contributed by atoms with van der Waals surface area (Å²) < 4.78 is 0. The molecule has 52 valence electrons. The standard InChI is InChI=1S/C8H12BN/c1-7-8(6-9-2)4-3-5-10-7/h3-5,9H,6H2,1-2H3. The van der Waals surface area contributed by atoms with E-state index in [2.05, 4.69) is 24.8 Å². The molecular formula is C8H12BN. The van der Waals surface area contributed by atoms with E-state index in [1.165, 1.54) is 18.5 Å². The number of aromatic nitrogens is 1. The summed E-state index contributed by atoms with van der Waals surface area (Å²) in [5, 5.41) is 0. The predicted octanol–water partition coefficient (Wildman–Crippen LogP) is 1.37. The Labute approximate surface area is 62.7 Å². The summed E-state index contributed by atoms with van der Waals surface area (Å²) in [6, 6.07) is 4.14. The van der Waals surface area contributed by atoms with Gasteiger partial charge in [0.2, 0.25) is 0 Å². The SMILES string of the molecule is CBCc1cccnc1C. The first kappa shape index (κ1) is 7.32. The van der Waals surface area contributed by atoms with Crippen molar-refractivity contribution in [3.05, 3.63) is 29.6 Å². The molecule has 0 bridgehead atoms. The Hall–Kier alpha value is -0.785. The first-order valence-corrected chi connectivity index (χ1v) is 3.75. The average molecular weight is 133 g/mol. The Balaban J connectivity index is 2.81. The van der Waals surface area contributed by atoms with E-state index in [0.717, 1.165) is 6.32 Å². The number of aryl methyl sites for hydroxylation is 1. The van der Waals surface area contributed by atoms with E-state index in [-0.39, 0.29) is 0 Å². The van der Waals surface area contributed by atoms with E-state index >= 15 is 0 Å². The van der Waals surface area contributed by atoms with Crippen LogP contribution in [0.4, 0.5) is 0 Å². The summed E-state index contributed by atoms with van der Waals surface area (Å²) in [7, 11) is 1.20. The number of pyridine rings is 1. The topological polar surface area (TPSA) is 12.9 Å². The van der Waals surface area contributed by atoms with Gasteiger partial charge in [0.1, 0.15) is 7.28 Å². The largest absolute Gasteiger partial charge is 0.261 e. The monoisotopic (exact) mass is 133 g/mol. The minimum absolute atomic E-state index is 1.15. The van der Waals surface area contributed by atoms with Gasteiger partial charge in [0.05, 0.1) is 0 Å². The molecule has 0 atom stereocenters. The number of nitrogens with zero attached hydrogens (tertiary/aromatic N) is 1. The molecule has 1 aromatic heterocycles. The lowest BCUT2D eigenvalue weighted by molar-refractivity contribution is 1.13. The van der Waals surface area contributed by atoms with Crippen LogP contribution in [0.1, 0.15) is 11.3 Å². The van der Waals surface area contributed by atoms with Crippen molar-refractivity contribution in [3.8, 4) is 0 Å². The van der Waals surface area contributed by atoms with E-state index in [0.29, 0.717) is 0 Å². The minimum Gasteiger partial charge on any atom is -0.261 e. The second kappa shape index (κ2) is 3.40. The van der Waals surface area contributed by atoms with Crippen LogP contribution in [-0.4, -0.2) is 12.3 Å². The predicted molar refractivity (Wildman–Crippen MR) is 45.7 cm³/mol. The molecule has 0 fully saturated rings. The van der Waals surface area contributed by atoms with Crippen LogP contribution >= 0.6 is 0 Å². The van der Waals surface area contributed by atoms with Crippen molar-refractivity contribution in [2.24, 2.45) is 0 Å². The maximum Gasteiger partial charge on any atom is 0.122 e. The minimum atomic E-state index is 1.15. The van der Waals surface area contributed by atoms with Gasteiger partial charge in [-0.1, -0.05) is 19.2 Å². The molecule has 0 spiro atoms. The van der Waals surface area contributed by atoms with Crippen LogP contribution in [-0.2, 0) is 6.32 Å². The van der Waals surface area contributed by atoms with Crippen molar-refractivity contribution in [1.29, 1.82) is 0 Å². The Morgan fingerprint density at radius 1 is 1.60 bits per heavy atom. The highest BCUT2D eigenvalue weighted by Crippen LogP contribution is 2.02. The molecule has 2 heteroatoms. The summed E-state index contributed by atoms with van der Waals surface area (Å²) in [4.78, 5) is 4.20. The fraction of sp³-hybridized carbons (Fsp3) is 0.375. The zero-order valence-corrected chi connectivity index (χ0v) is 6.59. The van der Waals surface area contributed by atoms with Gasteiger partial charge in [-0.2, -0.15) is 0 Å². The first-order valence-electron chi connectivity index (χ1n) is 3.75. The van der Waals surface area contributed by atoms with Crippen LogP contribution in [0.3, 0.4) is 0 Å². The van der Waals surface area contributed by atoms with E-state index in [4.69, 9.17) is 0 Å². The second-order valence-corrected chi connectivity index (χ2v) is 2.50. The molecule has 1 aromatic rings. The lowest BCUT2D eigenvalue weighted by Crippen LogP contribution is -1.95. The van der Waals surface area contributed by atoms with E-state index < -0.39 is 0 Å². The summed E-state index contributed by atoms with van der Waals surface area (Å²) in [6.45, 7) is 4.25. The molecule has 0 aliphatic carbocycles. The van der Waals surface area contributed by atoms with Gasteiger partial charge in [-0.3, -0.25) is 4.98 Å². The Morgan fingerprint density at radius 3 is 3.00 bits per heavy atom. The molecule has 0 aliphatic heterocycles. The van der Waals surface area contributed by atoms with Crippen molar-refractivity contribution < 1.29 is 0 Å². The first-order chi connectivity index (χ1) is 4.84. The summed E-state index contributed by atoms with van der Waals surface area (Å²) in [6.07, 6.45) is 2.99. The maximum atomic E-state index is 4.20. The number of hydrogen-bond donors (Lipinski definition) is 0. The van der Waals surface area contributed by atoms with Gasteiger partial charge in [0, 0.05) is 11.9 Å². The van der Waals surface area contributed by atoms with Crippen LogP contribution in [0, 0.1) is 6.92 Å². The molecule has 0 amide bonds. The van der Waals surface area contributed by atoms with Crippen LogP contribution in [0.5, 0.6) is 0 Å². The Kier molecular flexibility index (Phi) is 2.49. The maximum absolute atomic E-state index is 4.20. The van der Waals surface area contributed by atoms with Gasteiger partial charge < -0.3 is 0 Å². The normalized spacial score (nSPS) is 9.40. The van der Waals surface area contributed by atoms with E-state index in [9.17, 15) is 0 Å². The molecule has 0 saturated carbocycles. The summed E-state index contributed by atoms with van der Waals surface area (Å²) >= 11 is 0. The van der Waals surface area contributed by atoms with Crippen molar-refractivity contribution in [2.75, 3.05) is 0 Å². The van der Waals surface area contributed by atoms with Crippen molar-refractivity contribution in [2.45, 2.75) is 20.1 Å². The molecule has 0 N–H and O–H groups in total. The van der Waals surface area contributed by atoms with Crippen molar-refractivity contribution in [3.63, 3.8) is 0 Å². The third-order valence-corrected chi connectivity index (χ3v) is 1.64. The molecular weight excluding hydrogens is 121 g/mol. The van der Waals surface area contributed by atoms with Crippen LogP contribution in [0.15, 0.2) is 18.3 Å². The molecule has 0 saturated heterocycles. The Bertz CT molecular complexity index is 210. The van der Waals surface area contributed by atoms with E-state index in [1.54, 1.807) is 0 Å².